The number of nitrogens with zero attached hydrogens (tertiary/aromatic N) is 1. The van der Waals surface area contributed by atoms with Crippen molar-refractivity contribution >= 4 is 22.9 Å². The summed E-state index contributed by atoms with van der Waals surface area (Å²) in [5.41, 5.74) is 3.16. The van der Waals surface area contributed by atoms with E-state index in [0.29, 0.717) is 6.54 Å². The van der Waals surface area contributed by atoms with E-state index in [2.05, 4.69) is 34.5 Å². The van der Waals surface area contributed by atoms with Crippen molar-refractivity contribution in [3.63, 3.8) is 0 Å². The molecular weight excluding hydrogens is 256 g/mol. The van der Waals surface area contributed by atoms with Crippen LogP contribution in [0.4, 0.5) is 5.69 Å². The van der Waals surface area contributed by atoms with Gasteiger partial charge in [0.25, 0.3) is 5.91 Å². The second-order valence-electron chi connectivity index (χ2n) is 4.58. The lowest BCUT2D eigenvalue weighted by Crippen LogP contribution is -2.25. The van der Waals surface area contributed by atoms with Crippen molar-refractivity contribution in [2.75, 3.05) is 25.5 Å². The van der Waals surface area contributed by atoms with Crippen molar-refractivity contribution in [2.24, 2.45) is 0 Å². The number of hydrogen-bond donors (Lipinski definition) is 1. The molecule has 3 nitrogen and oxygen atoms in total. The largest absolute Gasteiger partial charge is 0.378 e. The first-order valence-electron chi connectivity index (χ1n) is 6.23. The second kappa shape index (κ2) is 6.38. The van der Waals surface area contributed by atoms with Gasteiger partial charge >= 0.3 is 0 Å². The predicted octanol–water partition coefficient (Wildman–Crippen LogP) is 2.79. The molecule has 1 N–H and O–H groups in total. The average Bonchev–Trinajstić information content (AvgIpc) is 2.93. The van der Waals surface area contributed by atoms with Gasteiger partial charge in [-0.15, -0.1) is 0 Å². The Bertz CT molecular complexity index is 518. The first kappa shape index (κ1) is 13.6. The molecule has 1 aromatic heterocycles. The number of thiophene rings is 1. The van der Waals surface area contributed by atoms with Crippen LogP contribution in [0, 0.1) is 0 Å². The van der Waals surface area contributed by atoms with E-state index in [1.807, 2.05) is 30.9 Å². The van der Waals surface area contributed by atoms with Crippen LogP contribution in [-0.2, 0) is 6.42 Å². The fourth-order valence-electron chi connectivity index (χ4n) is 1.78. The van der Waals surface area contributed by atoms with Crippen LogP contribution < -0.4 is 10.2 Å². The molecule has 0 atom stereocenters. The summed E-state index contributed by atoms with van der Waals surface area (Å²) in [5, 5.41) is 6.70. The molecule has 0 saturated carbocycles. The molecule has 1 aromatic carbocycles. The number of benzene rings is 1. The predicted molar refractivity (Wildman–Crippen MR) is 81.1 cm³/mol. The maximum Gasteiger partial charge on any atom is 0.252 e. The Morgan fingerprint density at radius 2 is 1.95 bits per heavy atom. The quantitative estimate of drug-likeness (QED) is 0.909. The first-order valence-corrected chi connectivity index (χ1v) is 7.18. The van der Waals surface area contributed by atoms with Crippen LogP contribution in [0.3, 0.4) is 0 Å². The summed E-state index contributed by atoms with van der Waals surface area (Å²) in [6.07, 6.45) is 0.851. The highest BCUT2D eigenvalue weighted by Gasteiger charge is 2.04. The molecule has 1 amide bonds. The molecule has 0 saturated heterocycles. The molecular formula is C15H18N2OS. The van der Waals surface area contributed by atoms with Gasteiger partial charge in [0, 0.05) is 37.3 Å². The number of nitrogens with one attached hydrogen (secondary N) is 1. The monoisotopic (exact) mass is 274 g/mol. The van der Waals surface area contributed by atoms with E-state index in [1.165, 1.54) is 22.6 Å². The summed E-state index contributed by atoms with van der Waals surface area (Å²) in [6.45, 7) is 0.663. The van der Waals surface area contributed by atoms with Crippen LogP contribution in [0.15, 0.2) is 41.1 Å². The van der Waals surface area contributed by atoms with Crippen LogP contribution >= 0.6 is 11.3 Å². The summed E-state index contributed by atoms with van der Waals surface area (Å²) in [4.78, 5) is 13.8. The highest BCUT2D eigenvalue weighted by atomic mass is 32.1. The molecule has 0 aliphatic carbocycles. The van der Waals surface area contributed by atoms with Gasteiger partial charge in [-0.1, -0.05) is 12.1 Å². The molecule has 100 valence electrons. The Hall–Kier alpha value is -1.81. The third-order valence-corrected chi connectivity index (χ3v) is 3.62. The zero-order valence-electron chi connectivity index (χ0n) is 11.2. The van der Waals surface area contributed by atoms with Gasteiger partial charge in [-0.3, -0.25) is 4.79 Å². The Morgan fingerprint density at radius 1 is 1.21 bits per heavy atom. The van der Waals surface area contributed by atoms with E-state index in [-0.39, 0.29) is 5.91 Å². The number of rotatable bonds is 5. The van der Waals surface area contributed by atoms with Gasteiger partial charge in [0.2, 0.25) is 0 Å². The lowest BCUT2D eigenvalue weighted by molar-refractivity contribution is 0.0954. The molecule has 0 aliphatic rings. The summed E-state index contributed by atoms with van der Waals surface area (Å²) in [6, 6.07) is 10.2. The number of amides is 1. The minimum atomic E-state index is 0.00571. The average molecular weight is 274 g/mol. The normalized spacial score (nSPS) is 10.2. The van der Waals surface area contributed by atoms with E-state index in [0.717, 1.165) is 12.0 Å². The van der Waals surface area contributed by atoms with Crippen molar-refractivity contribution < 1.29 is 4.79 Å². The molecule has 0 unspecified atom stereocenters. The van der Waals surface area contributed by atoms with Crippen LogP contribution in [-0.4, -0.2) is 26.5 Å². The molecule has 0 aliphatic heterocycles. The van der Waals surface area contributed by atoms with Crippen LogP contribution in [0.2, 0.25) is 0 Å². The lowest BCUT2D eigenvalue weighted by atomic mass is 10.1. The maximum absolute atomic E-state index is 11.7. The van der Waals surface area contributed by atoms with Crippen molar-refractivity contribution in [3.8, 4) is 0 Å². The molecule has 1 heterocycles. The number of carbonyl (C=O) groups excluding carboxylic acids is 1. The van der Waals surface area contributed by atoms with Crippen molar-refractivity contribution in [3.05, 3.63) is 52.2 Å². The summed E-state index contributed by atoms with van der Waals surface area (Å²) >= 11 is 1.54. The fourth-order valence-corrected chi connectivity index (χ4v) is 2.41. The van der Waals surface area contributed by atoms with Crippen molar-refractivity contribution in [2.45, 2.75) is 6.42 Å². The lowest BCUT2D eigenvalue weighted by Gasteiger charge is -2.12. The van der Waals surface area contributed by atoms with Gasteiger partial charge < -0.3 is 10.2 Å². The Labute approximate surface area is 117 Å². The molecule has 2 aromatic rings. The van der Waals surface area contributed by atoms with Gasteiger partial charge in [0.05, 0.1) is 0 Å². The third-order valence-electron chi connectivity index (χ3n) is 2.94. The van der Waals surface area contributed by atoms with E-state index in [1.54, 1.807) is 0 Å². The standard InChI is InChI=1S/C15H18N2OS/c1-17(2)14-5-3-12(4-6-14)7-9-16-15(18)13-8-10-19-11-13/h3-6,8,10-11H,7,9H2,1-2H3,(H,16,18). The van der Waals surface area contributed by atoms with E-state index < -0.39 is 0 Å². The van der Waals surface area contributed by atoms with Crippen LogP contribution in [0.1, 0.15) is 15.9 Å². The second-order valence-corrected chi connectivity index (χ2v) is 5.36. The maximum atomic E-state index is 11.7. The molecule has 0 spiro atoms. The summed E-state index contributed by atoms with van der Waals surface area (Å²) in [7, 11) is 4.05. The Kier molecular flexibility index (Phi) is 4.58. The Balaban J connectivity index is 1.81. The molecule has 0 radical (unpaired) electrons. The van der Waals surface area contributed by atoms with Crippen LogP contribution in [0.25, 0.3) is 0 Å². The van der Waals surface area contributed by atoms with Gasteiger partial charge in [-0.2, -0.15) is 11.3 Å². The third kappa shape index (κ3) is 3.83. The fraction of sp³-hybridized carbons (Fsp3) is 0.267. The number of hydrogen-bond acceptors (Lipinski definition) is 3. The topological polar surface area (TPSA) is 32.3 Å². The van der Waals surface area contributed by atoms with E-state index >= 15 is 0 Å². The van der Waals surface area contributed by atoms with Crippen LogP contribution in [0.5, 0.6) is 0 Å². The molecule has 19 heavy (non-hydrogen) atoms. The van der Waals surface area contributed by atoms with E-state index in [4.69, 9.17) is 0 Å². The highest BCUT2D eigenvalue weighted by molar-refractivity contribution is 7.08. The Morgan fingerprint density at radius 3 is 2.53 bits per heavy atom. The van der Waals surface area contributed by atoms with Crippen molar-refractivity contribution in [1.29, 1.82) is 0 Å². The SMILES string of the molecule is CN(C)c1ccc(CCNC(=O)c2ccsc2)cc1. The highest BCUT2D eigenvalue weighted by Crippen LogP contribution is 2.12. The zero-order valence-corrected chi connectivity index (χ0v) is 12.0. The number of anilines is 1. The minimum absolute atomic E-state index is 0.00571. The zero-order chi connectivity index (χ0) is 13.7. The van der Waals surface area contributed by atoms with E-state index in [9.17, 15) is 4.79 Å². The summed E-state index contributed by atoms with van der Waals surface area (Å²) < 4.78 is 0. The van der Waals surface area contributed by atoms with Gasteiger partial charge in [0.1, 0.15) is 0 Å². The van der Waals surface area contributed by atoms with Gasteiger partial charge in [-0.25, -0.2) is 0 Å². The van der Waals surface area contributed by atoms with Gasteiger partial charge in [0.15, 0.2) is 0 Å². The summed E-state index contributed by atoms with van der Waals surface area (Å²) in [5.74, 6) is 0.00571. The van der Waals surface area contributed by atoms with Crippen molar-refractivity contribution in [1.82, 2.24) is 5.32 Å². The minimum Gasteiger partial charge on any atom is -0.378 e. The number of carbonyl (C=O) groups is 1. The molecule has 4 heteroatoms. The molecule has 0 bridgehead atoms. The first-order chi connectivity index (χ1) is 9.16. The van der Waals surface area contributed by atoms with Gasteiger partial charge in [-0.05, 0) is 35.6 Å². The molecule has 2 rings (SSSR count). The molecule has 0 fully saturated rings. The smallest absolute Gasteiger partial charge is 0.252 e.